The summed E-state index contributed by atoms with van der Waals surface area (Å²) in [6.07, 6.45) is 1.79. The third-order valence-electron chi connectivity index (χ3n) is 4.81. The second-order valence-corrected chi connectivity index (χ2v) is 6.15. The van der Waals surface area contributed by atoms with Crippen LogP contribution in [0.1, 0.15) is 33.1 Å². The van der Waals surface area contributed by atoms with Crippen molar-refractivity contribution >= 4 is 11.9 Å². The van der Waals surface area contributed by atoms with Gasteiger partial charge in [-0.2, -0.15) is 0 Å². The van der Waals surface area contributed by atoms with Gasteiger partial charge in [-0.3, -0.25) is 4.79 Å². The largest absolute Gasteiger partial charge is 0.550 e. The average molecular weight is 314 g/mol. The van der Waals surface area contributed by atoms with Gasteiger partial charge in [0.15, 0.2) is 0 Å². The third kappa shape index (κ3) is 5.93. The molecule has 1 amide bonds. The molecule has 1 aliphatic rings. The van der Waals surface area contributed by atoms with Gasteiger partial charge in [0.1, 0.15) is 6.61 Å². The molecule has 0 aromatic heterocycles. The average Bonchev–Trinajstić information content (AvgIpc) is 2.49. The Kier molecular flexibility index (Phi) is 8.42. The van der Waals surface area contributed by atoms with Crippen molar-refractivity contribution in [2.24, 2.45) is 11.8 Å². The van der Waals surface area contributed by atoms with Gasteiger partial charge >= 0.3 is 0 Å². The van der Waals surface area contributed by atoms with Crippen LogP contribution >= 0.6 is 0 Å². The number of methoxy groups -OCH3 is 1. The molecule has 1 N–H and O–H groups in total. The summed E-state index contributed by atoms with van der Waals surface area (Å²) in [6.45, 7) is 8.84. The Morgan fingerprint density at radius 2 is 1.95 bits per heavy atom. The summed E-state index contributed by atoms with van der Waals surface area (Å²) in [5.41, 5.74) is 0. The fraction of sp³-hybridized carbons (Fsp3) is 0.875. The van der Waals surface area contributed by atoms with Crippen LogP contribution in [0.2, 0.25) is 0 Å². The number of carbonyl (C=O) groups is 2. The molecule has 0 unspecified atom stereocenters. The van der Waals surface area contributed by atoms with Crippen LogP contribution in [0.15, 0.2) is 0 Å². The van der Waals surface area contributed by atoms with Crippen molar-refractivity contribution < 1.29 is 24.3 Å². The lowest BCUT2D eigenvalue weighted by Gasteiger charge is -2.39. The maximum absolute atomic E-state index is 12.0. The molecular weight excluding hydrogens is 284 g/mol. The van der Waals surface area contributed by atoms with E-state index in [1.54, 1.807) is 0 Å². The standard InChI is InChI=1S/C16H30N2O4/c1-4-17(5-2)8-6-14-11-18(15(19)12-22-3)9-7-13(14)10-16(20)21/h13-14H,4-12H2,1-3H3,(H,20,21)/t13-,14-/m0/s1. The Hall–Kier alpha value is -1.14. The van der Waals surface area contributed by atoms with Gasteiger partial charge in [0.2, 0.25) is 5.91 Å². The number of hydrogen-bond donors (Lipinski definition) is 1. The minimum Gasteiger partial charge on any atom is -0.550 e. The van der Waals surface area contributed by atoms with Crippen LogP contribution in [0.3, 0.4) is 0 Å². The predicted molar refractivity (Wildman–Crippen MR) is 81.2 cm³/mol. The van der Waals surface area contributed by atoms with Crippen LogP contribution in [-0.4, -0.2) is 63.2 Å². The van der Waals surface area contributed by atoms with E-state index in [0.29, 0.717) is 13.1 Å². The van der Waals surface area contributed by atoms with Crippen molar-refractivity contribution in [2.45, 2.75) is 33.1 Å². The molecule has 22 heavy (non-hydrogen) atoms. The highest BCUT2D eigenvalue weighted by Gasteiger charge is 2.31. The van der Waals surface area contributed by atoms with Gasteiger partial charge in [-0.25, -0.2) is 0 Å². The summed E-state index contributed by atoms with van der Waals surface area (Å²) in [4.78, 5) is 26.3. The number of quaternary nitrogens is 1. The van der Waals surface area contributed by atoms with Crippen molar-refractivity contribution in [1.82, 2.24) is 4.90 Å². The number of carbonyl (C=O) groups excluding carboxylic acids is 2. The lowest BCUT2D eigenvalue weighted by Crippen LogP contribution is -3.11. The summed E-state index contributed by atoms with van der Waals surface area (Å²) < 4.78 is 4.92. The van der Waals surface area contributed by atoms with Crippen LogP contribution in [0.5, 0.6) is 0 Å². The Morgan fingerprint density at radius 1 is 1.27 bits per heavy atom. The number of amides is 1. The minimum atomic E-state index is -0.984. The van der Waals surface area contributed by atoms with E-state index in [-0.39, 0.29) is 30.8 Å². The lowest BCUT2D eigenvalue weighted by atomic mass is 9.81. The molecule has 6 nitrogen and oxygen atoms in total. The highest BCUT2D eigenvalue weighted by atomic mass is 16.5. The van der Waals surface area contributed by atoms with Crippen molar-refractivity contribution in [3.63, 3.8) is 0 Å². The van der Waals surface area contributed by atoms with Gasteiger partial charge in [0.05, 0.1) is 19.6 Å². The molecule has 0 bridgehead atoms. The molecule has 0 saturated carbocycles. The number of piperidine rings is 1. The number of rotatable bonds is 9. The van der Waals surface area contributed by atoms with E-state index in [9.17, 15) is 14.7 Å². The quantitative estimate of drug-likeness (QED) is 0.565. The van der Waals surface area contributed by atoms with Crippen LogP contribution in [0, 0.1) is 11.8 Å². The van der Waals surface area contributed by atoms with E-state index >= 15 is 0 Å². The second-order valence-electron chi connectivity index (χ2n) is 6.15. The molecule has 1 saturated heterocycles. The van der Waals surface area contributed by atoms with E-state index in [0.717, 1.165) is 32.5 Å². The summed E-state index contributed by atoms with van der Waals surface area (Å²) in [5.74, 6) is -0.636. The Bertz CT molecular complexity index is 358. The smallest absolute Gasteiger partial charge is 0.248 e. The highest BCUT2D eigenvalue weighted by Crippen LogP contribution is 2.28. The third-order valence-corrected chi connectivity index (χ3v) is 4.81. The number of nitrogens with zero attached hydrogens (tertiary/aromatic N) is 1. The minimum absolute atomic E-state index is 0.00501. The number of carboxylic acids is 1. The first-order chi connectivity index (χ1) is 10.5. The maximum atomic E-state index is 12.0. The normalized spacial score (nSPS) is 22.1. The molecule has 1 fully saturated rings. The number of nitrogens with one attached hydrogen (secondary N) is 1. The number of likely N-dealkylation sites (tertiary alicyclic amines) is 1. The van der Waals surface area contributed by atoms with Crippen molar-refractivity contribution in [2.75, 3.05) is 46.4 Å². The molecule has 1 aliphatic heterocycles. The van der Waals surface area contributed by atoms with E-state index in [4.69, 9.17) is 4.74 Å². The lowest BCUT2D eigenvalue weighted by molar-refractivity contribution is -0.897. The number of ether oxygens (including phenoxy) is 1. The van der Waals surface area contributed by atoms with Crippen molar-refractivity contribution in [3.05, 3.63) is 0 Å². The molecule has 0 aromatic carbocycles. The number of hydrogen-bond acceptors (Lipinski definition) is 4. The van der Waals surface area contributed by atoms with Crippen LogP contribution in [0.4, 0.5) is 0 Å². The second kappa shape index (κ2) is 9.79. The molecule has 1 heterocycles. The fourth-order valence-electron chi connectivity index (χ4n) is 3.32. The van der Waals surface area contributed by atoms with Gasteiger partial charge in [-0.1, -0.05) is 0 Å². The summed E-state index contributed by atoms with van der Waals surface area (Å²) in [5, 5.41) is 11.0. The first kappa shape index (κ1) is 18.9. The van der Waals surface area contributed by atoms with Crippen molar-refractivity contribution in [1.29, 1.82) is 0 Å². The SMILES string of the molecule is CC[NH+](CC)CC[C@H]1CN(C(=O)COC)CC[C@H]1CC(=O)[O-]. The zero-order chi connectivity index (χ0) is 16.5. The highest BCUT2D eigenvalue weighted by molar-refractivity contribution is 5.77. The molecule has 0 aliphatic carbocycles. The van der Waals surface area contributed by atoms with E-state index in [2.05, 4.69) is 13.8 Å². The zero-order valence-corrected chi connectivity index (χ0v) is 14.1. The molecule has 0 aromatic rings. The molecule has 0 radical (unpaired) electrons. The molecule has 128 valence electrons. The van der Waals surface area contributed by atoms with Crippen LogP contribution < -0.4 is 10.0 Å². The van der Waals surface area contributed by atoms with Gasteiger partial charge in [-0.05, 0) is 38.5 Å². The maximum Gasteiger partial charge on any atom is 0.248 e. The number of aliphatic carboxylic acids is 1. The summed E-state index contributed by atoms with van der Waals surface area (Å²) >= 11 is 0. The van der Waals surface area contributed by atoms with E-state index < -0.39 is 5.97 Å². The van der Waals surface area contributed by atoms with Crippen LogP contribution in [-0.2, 0) is 14.3 Å². The zero-order valence-electron chi connectivity index (χ0n) is 14.1. The van der Waals surface area contributed by atoms with Crippen molar-refractivity contribution in [3.8, 4) is 0 Å². The predicted octanol–water partition coefficient (Wildman–Crippen LogP) is -1.45. The summed E-state index contributed by atoms with van der Waals surface area (Å²) in [6, 6.07) is 0. The molecular formula is C16H30N2O4. The Morgan fingerprint density at radius 3 is 2.50 bits per heavy atom. The molecule has 0 spiro atoms. The van der Waals surface area contributed by atoms with Gasteiger partial charge < -0.3 is 24.4 Å². The topological polar surface area (TPSA) is 74.1 Å². The van der Waals surface area contributed by atoms with Gasteiger partial charge in [0, 0.05) is 32.6 Å². The first-order valence-electron chi connectivity index (χ1n) is 8.31. The Balaban J connectivity index is 2.64. The van der Waals surface area contributed by atoms with Gasteiger partial charge in [-0.15, -0.1) is 0 Å². The van der Waals surface area contributed by atoms with E-state index in [1.807, 2.05) is 4.90 Å². The van der Waals surface area contributed by atoms with E-state index in [1.165, 1.54) is 12.0 Å². The fourth-order valence-corrected chi connectivity index (χ4v) is 3.32. The van der Waals surface area contributed by atoms with Gasteiger partial charge in [0.25, 0.3) is 0 Å². The number of carboxylic acid groups (broad SMARTS) is 1. The monoisotopic (exact) mass is 314 g/mol. The first-order valence-corrected chi connectivity index (χ1v) is 8.31. The summed E-state index contributed by atoms with van der Waals surface area (Å²) in [7, 11) is 1.52. The Labute approximate surface area is 133 Å². The molecule has 1 rings (SSSR count). The molecule has 2 atom stereocenters. The van der Waals surface area contributed by atoms with Crippen LogP contribution in [0.25, 0.3) is 0 Å². The molecule has 6 heteroatoms.